The molecule has 2 aromatic heterocycles. The monoisotopic (exact) mass is 384 g/mol. The van der Waals surface area contributed by atoms with E-state index < -0.39 is 0 Å². The highest BCUT2D eigenvalue weighted by Gasteiger charge is 2.30. The Labute approximate surface area is 162 Å². The number of carbonyl (C=O) groups excluding carboxylic acids is 1. The minimum Gasteiger partial charge on any atom is -0.463 e. The number of aromatic nitrogens is 2. The SMILES string of the molecule is CC1CC(N)CCN1C(=O)c1cc(-c2ccco2)n(-c2cccc(Cl)c2)n1. The van der Waals surface area contributed by atoms with Gasteiger partial charge in [0.15, 0.2) is 11.5 Å². The molecule has 140 valence electrons. The number of likely N-dealkylation sites (tertiary alicyclic amines) is 1. The van der Waals surface area contributed by atoms with Crippen LogP contribution >= 0.6 is 11.6 Å². The molecule has 1 amide bonds. The summed E-state index contributed by atoms with van der Waals surface area (Å²) in [6, 6.07) is 13.0. The summed E-state index contributed by atoms with van der Waals surface area (Å²) in [6.45, 7) is 2.67. The maximum absolute atomic E-state index is 13.1. The molecule has 2 N–H and O–H groups in total. The third-order valence-corrected chi connectivity index (χ3v) is 5.17. The Balaban J connectivity index is 1.74. The molecular weight excluding hydrogens is 364 g/mol. The fraction of sp³-hybridized carbons (Fsp3) is 0.300. The van der Waals surface area contributed by atoms with Crippen LogP contribution in [0, 0.1) is 0 Å². The highest BCUT2D eigenvalue weighted by Crippen LogP contribution is 2.27. The van der Waals surface area contributed by atoms with Crippen LogP contribution in [-0.4, -0.2) is 39.2 Å². The first-order chi connectivity index (χ1) is 13.0. The molecule has 3 heterocycles. The molecule has 0 aliphatic carbocycles. The Morgan fingerprint density at radius 2 is 2.15 bits per heavy atom. The number of hydrogen-bond donors (Lipinski definition) is 1. The predicted octanol–water partition coefficient (Wildman–Crippen LogP) is 3.74. The molecule has 0 saturated carbocycles. The average molecular weight is 385 g/mol. The van der Waals surface area contributed by atoms with Gasteiger partial charge in [-0.05, 0) is 50.1 Å². The molecule has 1 aliphatic rings. The fourth-order valence-corrected chi connectivity index (χ4v) is 3.73. The highest BCUT2D eigenvalue weighted by molar-refractivity contribution is 6.30. The zero-order valence-electron chi connectivity index (χ0n) is 15.0. The van der Waals surface area contributed by atoms with E-state index in [1.54, 1.807) is 35.2 Å². The third kappa shape index (κ3) is 3.50. The van der Waals surface area contributed by atoms with Gasteiger partial charge in [-0.15, -0.1) is 0 Å². The Morgan fingerprint density at radius 1 is 1.30 bits per heavy atom. The number of furan rings is 1. The summed E-state index contributed by atoms with van der Waals surface area (Å²) in [5, 5.41) is 5.18. The van der Waals surface area contributed by atoms with E-state index in [2.05, 4.69) is 5.10 Å². The summed E-state index contributed by atoms with van der Waals surface area (Å²) < 4.78 is 7.24. The van der Waals surface area contributed by atoms with Crippen molar-refractivity contribution in [2.24, 2.45) is 5.73 Å². The van der Waals surface area contributed by atoms with E-state index in [-0.39, 0.29) is 18.0 Å². The highest BCUT2D eigenvalue weighted by atomic mass is 35.5. The second-order valence-corrected chi connectivity index (χ2v) is 7.35. The molecule has 27 heavy (non-hydrogen) atoms. The minimum absolute atomic E-state index is 0.0876. The molecule has 6 nitrogen and oxygen atoms in total. The van der Waals surface area contributed by atoms with Crippen molar-refractivity contribution in [3.05, 3.63) is 59.4 Å². The summed E-state index contributed by atoms with van der Waals surface area (Å²) in [5.74, 6) is 0.540. The lowest BCUT2D eigenvalue weighted by Crippen LogP contribution is -2.48. The van der Waals surface area contributed by atoms with E-state index in [0.29, 0.717) is 28.7 Å². The Morgan fingerprint density at radius 3 is 2.85 bits per heavy atom. The smallest absolute Gasteiger partial charge is 0.274 e. The van der Waals surface area contributed by atoms with E-state index in [9.17, 15) is 4.79 Å². The Bertz CT molecular complexity index is 951. The maximum atomic E-state index is 13.1. The molecule has 1 fully saturated rings. The van der Waals surface area contributed by atoms with Gasteiger partial charge >= 0.3 is 0 Å². The van der Waals surface area contributed by atoms with Crippen molar-refractivity contribution in [2.75, 3.05) is 6.54 Å². The van der Waals surface area contributed by atoms with Crippen molar-refractivity contribution in [1.82, 2.24) is 14.7 Å². The molecule has 2 atom stereocenters. The van der Waals surface area contributed by atoms with Crippen molar-refractivity contribution in [3.63, 3.8) is 0 Å². The molecule has 1 aromatic carbocycles. The van der Waals surface area contributed by atoms with Crippen LogP contribution in [0.3, 0.4) is 0 Å². The second-order valence-electron chi connectivity index (χ2n) is 6.92. The Hall–Kier alpha value is -2.57. The molecule has 0 bridgehead atoms. The minimum atomic E-state index is -0.0945. The van der Waals surface area contributed by atoms with Crippen LogP contribution in [0.4, 0.5) is 0 Å². The number of halogens is 1. The zero-order chi connectivity index (χ0) is 19.0. The molecular formula is C20H21ClN4O2. The van der Waals surface area contributed by atoms with Gasteiger partial charge in [0.05, 0.1) is 12.0 Å². The topological polar surface area (TPSA) is 77.3 Å². The van der Waals surface area contributed by atoms with Crippen LogP contribution in [0.5, 0.6) is 0 Å². The van der Waals surface area contributed by atoms with Gasteiger partial charge in [-0.2, -0.15) is 5.10 Å². The molecule has 0 radical (unpaired) electrons. The van der Waals surface area contributed by atoms with Gasteiger partial charge in [0.2, 0.25) is 0 Å². The summed E-state index contributed by atoms with van der Waals surface area (Å²) in [7, 11) is 0. The lowest BCUT2D eigenvalue weighted by Gasteiger charge is -2.35. The normalized spacial score (nSPS) is 20.0. The molecule has 4 rings (SSSR count). The first-order valence-corrected chi connectivity index (χ1v) is 9.37. The number of carbonyl (C=O) groups is 1. The predicted molar refractivity (Wildman–Crippen MR) is 104 cm³/mol. The number of hydrogen-bond acceptors (Lipinski definition) is 4. The number of benzene rings is 1. The fourth-order valence-electron chi connectivity index (χ4n) is 3.55. The molecule has 0 spiro atoms. The van der Waals surface area contributed by atoms with E-state index >= 15 is 0 Å². The van der Waals surface area contributed by atoms with Crippen molar-refractivity contribution >= 4 is 17.5 Å². The maximum Gasteiger partial charge on any atom is 0.274 e. The Kier molecular flexibility index (Phi) is 4.76. The lowest BCUT2D eigenvalue weighted by atomic mass is 9.99. The third-order valence-electron chi connectivity index (χ3n) is 4.93. The van der Waals surface area contributed by atoms with E-state index in [1.165, 1.54) is 0 Å². The van der Waals surface area contributed by atoms with Crippen molar-refractivity contribution in [2.45, 2.75) is 31.8 Å². The van der Waals surface area contributed by atoms with Crippen molar-refractivity contribution < 1.29 is 9.21 Å². The van der Waals surface area contributed by atoms with Gasteiger partial charge < -0.3 is 15.1 Å². The summed E-state index contributed by atoms with van der Waals surface area (Å²) >= 11 is 6.14. The van der Waals surface area contributed by atoms with E-state index in [4.69, 9.17) is 21.8 Å². The van der Waals surface area contributed by atoms with Gasteiger partial charge in [-0.3, -0.25) is 4.79 Å². The molecule has 3 aromatic rings. The van der Waals surface area contributed by atoms with Gasteiger partial charge in [0.1, 0.15) is 5.69 Å². The number of piperidine rings is 1. The average Bonchev–Trinajstić information content (AvgIpc) is 3.31. The summed E-state index contributed by atoms with van der Waals surface area (Å²) in [6.07, 6.45) is 3.20. The molecule has 2 unspecified atom stereocenters. The van der Waals surface area contributed by atoms with Crippen LogP contribution < -0.4 is 5.73 Å². The summed E-state index contributed by atoms with van der Waals surface area (Å²) in [5.41, 5.74) is 7.87. The molecule has 1 saturated heterocycles. The quantitative estimate of drug-likeness (QED) is 0.746. The van der Waals surface area contributed by atoms with Crippen LogP contribution in [0.15, 0.2) is 53.1 Å². The second kappa shape index (κ2) is 7.21. The largest absolute Gasteiger partial charge is 0.463 e. The van der Waals surface area contributed by atoms with Crippen molar-refractivity contribution in [1.29, 1.82) is 0 Å². The number of nitrogens with two attached hydrogens (primary N) is 1. The number of amides is 1. The van der Waals surface area contributed by atoms with E-state index in [0.717, 1.165) is 18.5 Å². The number of rotatable bonds is 3. The van der Waals surface area contributed by atoms with Gasteiger partial charge in [-0.25, -0.2) is 4.68 Å². The lowest BCUT2D eigenvalue weighted by molar-refractivity contribution is 0.0612. The standard InChI is InChI=1S/C20H21ClN4O2/c1-13-10-15(22)7-8-24(13)20(26)17-12-18(19-6-3-9-27-19)25(23-17)16-5-2-4-14(21)11-16/h2-6,9,11-13,15H,7-8,10,22H2,1H3. The first-order valence-electron chi connectivity index (χ1n) is 8.99. The van der Waals surface area contributed by atoms with Gasteiger partial charge in [0.25, 0.3) is 5.91 Å². The van der Waals surface area contributed by atoms with Gasteiger partial charge in [-0.1, -0.05) is 17.7 Å². The van der Waals surface area contributed by atoms with Crippen LogP contribution in [0.1, 0.15) is 30.3 Å². The van der Waals surface area contributed by atoms with Crippen molar-refractivity contribution in [3.8, 4) is 17.1 Å². The van der Waals surface area contributed by atoms with Crippen LogP contribution in [-0.2, 0) is 0 Å². The molecule has 7 heteroatoms. The van der Waals surface area contributed by atoms with Crippen LogP contribution in [0.2, 0.25) is 5.02 Å². The van der Waals surface area contributed by atoms with E-state index in [1.807, 2.05) is 30.0 Å². The zero-order valence-corrected chi connectivity index (χ0v) is 15.8. The first kappa shape index (κ1) is 17.8. The van der Waals surface area contributed by atoms with Crippen LogP contribution in [0.25, 0.3) is 17.1 Å². The molecule has 1 aliphatic heterocycles. The number of nitrogens with zero attached hydrogens (tertiary/aromatic N) is 3. The summed E-state index contributed by atoms with van der Waals surface area (Å²) in [4.78, 5) is 14.9. The van der Waals surface area contributed by atoms with Gasteiger partial charge in [0, 0.05) is 29.7 Å².